The van der Waals surface area contributed by atoms with Crippen molar-refractivity contribution in [1.29, 1.82) is 5.41 Å². The number of aliphatic carboxylic acids is 1. The normalized spacial score (nSPS) is 14.3. The van der Waals surface area contributed by atoms with Crippen LogP contribution in [0.5, 0.6) is 0 Å². The van der Waals surface area contributed by atoms with Crippen molar-refractivity contribution in [3.8, 4) is 0 Å². The molecule has 0 radical (unpaired) electrons. The minimum atomic E-state index is -1.57. The molecule has 0 saturated heterocycles. The molecule has 0 spiro atoms. The molecule has 15 heteroatoms. The van der Waals surface area contributed by atoms with Gasteiger partial charge in [-0.25, -0.2) is 4.79 Å². The summed E-state index contributed by atoms with van der Waals surface area (Å²) in [6, 6.07) is -5.11. The van der Waals surface area contributed by atoms with Crippen molar-refractivity contribution in [2.45, 2.75) is 56.3 Å². The van der Waals surface area contributed by atoms with E-state index in [1.807, 2.05) is 0 Å². The average Bonchev–Trinajstić information content (AvgIpc) is 2.77. The van der Waals surface area contributed by atoms with Crippen LogP contribution in [-0.4, -0.2) is 95.4 Å². The smallest absolute Gasteiger partial charge is 0.328 e. The Hall–Kier alpha value is -3.01. The maximum absolute atomic E-state index is 12.9. The van der Waals surface area contributed by atoms with Crippen LogP contribution >= 0.6 is 0 Å². The van der Waals surface area contributed by atoms with E-state index < -0.39 is 61.1 Å². The van der Waals surface area contributed by atoms with Gasteiger partial charge in [-0.15, -0.1) is 0 Å². The Morgan fingerprint density at radius 2 is 1.33 bits per heavy atom. The van der Waals surface area contributed by atoms with Crippen LogP contribution < -0.4 is 38.5 Å². The van der Waals surface area contributed by atoms with Gasteiger partial charge < -0.3 is 53.8 Å². The lowest BCUT2D eigenvalue weighted by Gasteiger charge is -2.25. The number of nitrogens with one attached hydrogen (secondary N) is 5. The second-order valence-corrected chi connectivity index (χ2v) is 7.26. The zero-order valence-corrected chi connectivity index (χ0v) is 18.4. The number of aliphatic hydroxyl groups excluding tert-OH is 2. The van der Waals surface area contributed by atoms with Gasteiger partial charge >= 0.3 is 5.97 Å². The number of hydrogen-bond donors (Lipinski definition) is 11. The minimum absolute atomic E-state index is 0.0369. The lowest BCUT2D eigenvalue weighted by atomic mass is 10.1. The Balaban J connectivity index is 5.41. The summed E-state index contributed by atoms with van der Waals surface area (Å²) in [4.78, 5) is 48.6. The van der Waals surface area contributed by atoms with Gasteiger partial charge in [0.25, 0.3) is 0 Å². The van der Waals surface area contributed by atoms with E-state index in [1.54, 1.807) is 0 Å². The van der Waals surface area contributed by atoms with Crippen molar-refractivity contribution < 1.29 is 34.5 Å². The second kappa shape index (κ2) is 16.6. The quantitative estimate of drug-likeness (QED) is 0.0538. The van der Waals surface area contributed by atoms with Crippen molar-refractivity contribution in [3.05, 3.63) is 0 Å². The number of amides is 3. The molecule has 0 aromatic rings. The summed E-state index contributed by atoms with van der Waals surface area (Å²) in [5, 5.41) is 44.0. The number of carboxylic acid groups (broad SMARTS) is 1. The van der Waals surface area contributed by atoms with Gasteiger partial charge in [-0.2, -0.15) is 0 Å². The Morgan fingerprint density at radius 1 is 0.818 bits per heavy atom. The largest absolute Gasteiger partial charge is 0.480 e. The highest BCUT2D eigenvalue weighted by Crippen LogP contribution is 2.05. The van der Waals surface area contributed by atoms with Crippen LogP contribution in [-0.2, 0) is 19.2 Å². The molecular weight excluding hydrogens is 440 g/mol. The molecule has 14 N–H and O–H groups in total. The lowest BCUT2D eigenvalue weighted by Crippen LogP contribution is -2.57. The summed E-state index contributed by atoms with van der Waals surface area (Å²) < 4.78 is 0. The molecule has 0 aliphatic rings. The molecule has 0 unspecified atom stereocenters. The van der Waals surface area contributed by atoms with Crippen molar-refractivity contribution in [1.82, 2.24) is 21.3 Å². The highest BCUT2D eigenvalue weighted by atomic mass is 16.4. The Morgan fingerprint density at radius 3 is 1.79 bits per heavy atom. The molecule has 0 aliphatic carbocycles. The summed E-state index contributed by atoms with van der Waals surface area (Å²) in [6.07, 6.45) is 1.54. The molecule has 33 heavy (non-hydrogen) atoms. The van der Waals surface area contributed by atoms with Gasteiger partial charge in [0.1, 0.15) is 24.2 Å². The van der Waals surface area contributed by atoms with Crippen LogP contribution in [0.3, 0.4) is 0 Å². The summed E-state index contributed by atoms with van der Waals surface area (Å²) in [6.45, 7) is -0.914. The predicted octanol–water partition coefficient (Wildman–Crippen LogP) is -4.77. The van der Waals surface area contributed by atoms with Crippen LogP contribution in [0.25, 0.3) is 0 Å². The number of carbonyl (C=O) groups excluding carboxylic acids is 3. The number of nitrogens with two attached hydrogens (primary N) is 3. The monoisotopic (exact) mass is 476 g/mol. The third-order valence-electron chi connectivity index (χ3n) is 4.53. The molecule has 0 aromatic heterocycles. The van der Waals surface area contributed by atoms with Gasteiger partial charge in [0.2, 0.25) is 17.7 Å². The van der Waals surface area contributed by atoms with Gasteiger partial charge in [-0.1, -0.05) is 0 Å². The first-order valence-electron chi connectivity index (χ1n) is 10.5. The van der Waals surface area contributed by atoms with E-state index in [-0.39, 0.29) is 31.8 Å². The topological polar surface area (TPSA) is 279 Å². The van der Waals surface area contributed by atoms with E-state index in [0.29, 0.717) is 19.4 Å². The van der Waals surface area contributed by atoms with Gasteiger partial charge in [-0.05, 0) is 38.6 Å². The van der Waals surface area contributed by atoms with Crippen LogP contribution in [0.2, 0.25) is 0 Å². The SMILES string of the molecule is N=C(N)NCCC[C@H](NC(=O)[C@H](CCCCN)NC(=O)[C@@H](N)CO)C(=O)N[C@@H](CO)C(=O)O. The fraction of sp³-hybridized carbons (Fsp3) is 0.722. The van der Waals surface area contributed by atoms with Crippen molar-refractivity contribution in [2.24, 2.45) is 17.2 Å². The van der Waals surface area contributed by atoms with E-state index in [1.165, 1.54) is 0 Å². The number of carboxylic acids is 1. The standard InChI is InChI=1S/C18H36N8O7/c19-6-2-1-4-11(24-14(29)10(20)8-27)15(30)25-12(5-3-7-23-18(21)22)16(31)26-13(9-28)17(32)33/h10-13,27-28H,1-9,19-20H2,(H,24,29)(H,25,30)(H,26,31)(H,32,33)(H4,21,22,23)/t10-,11-,12-,13-/m0/s1. The molecule has 0 aromatic carbocycles. The number of aliphatic hydroxyl groups is 2. The third kappa shape index (κ3) is 12.6. The van der Waals surface area contributed by atoms with Crippen LogP contribution in [0.1, 0.15) is 32.1 Å². The maximum Gasteiger partial charge on any atom is 0.328 e. The van der Waals surface area contributed by atoms with Gasteiger partial charge in [0.05, 0.1) is 13.2 Å². The average molecular weight is 477 g/mol. The maximum atomic E-state index is 12.9. The first kappa shape index (κ1) is 30.0. The fourth-order valence-electron chi connectivity index (χ4n) is 2.65. The van der Waals surface area contributed by atoms with Crippen molar-refractivity contribution in [2.75, 3.05) is 26.3 Å². The van der Waals surface area contributed by atoms with Crippen LogP contribution in [0.15, 0.2) is 0 Å². The van der Waals surface area contributed by atoms with E-state index >= 15 is 0 Å². The first-order chi connectivity index (χ1) is 15.6. The van der Waals surface area contributed by atoms with Crippen molar-refractivity contribution >= 4 is 29.7 Å². The third-order valence-corrected chi connectivity index (χ3v) is 4.53. The Bertz CT molecular complexity index is 664. The highest BCUT2D eigenvalue weighted by molar-refractivity contribution is 5.94. The Kier molecular flexibility index (Phi) is 15.1. The summed E-state index contributed by atoms with van der Waals surface area (Å²) in [5.74, 6) is -4.08. The van der Waals surface area contributed by atoms with Crippen LogP contribution in [0.4, 0.5) is 0 Å². The zero-order valence-electron chi connectivity index (χ0n) is 18.4. The summed E-state index contributed by atoms with van der Waals surface area (Å²) in [5.41, 5.74) is 16.1. The molecule has 4 atom stereocenters. The first-order valence-corrected chi connectivity index (χ1v) is 10.5. The number of hydrogen-bond acceptors (Lipinski definition) is 9. The van der Waals surface area contributed by atoms with E-state index in [0.717, 1.165) is 0 Å². The second-order valence-electron chi connectivity index (χ2n) is 7.26. The zero-order chi connectivity index (χ0) is 25.4. The predicted molar refractivity (Wildman–Crippen MR) is 118 cm³/mol. The van der Waals surface area contributed by atoms with Gasteiger partial charge in [0.15, 0.2) is 5.96 Å². The number of unbranched alkanes of at least 4 members (excludes halogenated alkanes) is 1. The number of rotatable bonds is 17. The number of guanidine groups is 1. The molecule has 0 fully saturated rings. The lowest BCUT2D eigenvalue weighted by molar-refractivity contribution is -0.143. The molecule has 0 rings (SSSR count). The molecule has 0 aliphatic heterocycles. The van der Waals surface area contributed by atoms with E-state index in [4.69, 9.17) is 37.9 Å². The molecule has 0 bridgehead atoms. The van der Waals surface area contributed by atoms with Gasteiger partial charge in [-0.3, -0.25) is 19.8 Å². The van der Waals surface area contributed by atoms with Crippen LogP contribution in [0, 0.1) is 5.41 Å². The highest BCUT2D eigenvalue weighted by Gasteiger charge is 2.29. The molecule has 190 valence electrons. The fourth-order valence-corrected chi connectivity index (χ4v) is 2.65. The Labute approximate surface area is 191 Å². The molecular formula is C18H36N8O7. The van der Waals surface area contributed by atoms with E-state index in [2.05, 4.69) is 21.3 Å². The summed E-state index contributed by atoms with van der Waals surface area (Å²) in [7, 11) is 0. The number of carbonyl (C=O) groups is 4. The van der Waals surface area contributed by atoms with Gasteiger partial charge in [0, 0.05) is 6.54 Å². The van der Waals surface area contributed by atoms with E-state index in [9.17, 15) is 19.2 Å². The molecule has 15 nitrogen and oxygen atoms in total. The molecule has 0 heterocycles. The molecule has 0 saturated carbocycles. The summed E-state index contributed by atoms with van der Waals surface area (Å²) >= 11 is 0. The van der Waals surface area contributed by atoms with Crippen molar-refractivity contribution in [3.63, 3.8) is 0 Å². The molecule has 3 amide bonds. The minimum Gasteiger partial charge on any atom is -0.480 e.